The van der Waals surface area contributed by atoms with Crippen molar-refractivity contribution in [2.75, 3.05) is 18.4 Å². The van der Waals surface area contributed by atoms with E-state index in [1.807, 2.05) is 42.5 Å². The molecule has 2 aromatic heterocycles. The van der Waals surface area contributed by atoms with E-state index < -0.39 is 0 Å². The van der Waals surface area contributed by atoms with Gasteiger partial charge in [0.2, 0.25) is 5.91 Å². The smallest absolute Gasteiger partial charge is 0.272 e. The fraction of sp³-hybridized carbons (Fsp3) is 0.238. The van der Waals surface area contributed by atoms with E-state index >= 15 is 0 Å². The van der Waals surface area contributed by atoms with E-state index in [0.29, 0.717) is 37.1 Å². The molecule has 4 rings (SSSR count). The molecule has 2 heterocycles. The molecule has 0 aliphatic carbocycles. The molecule has 2 aromatic carbocycles. The van der Waals surface area contributed by atoms with Gasteiger partial charge in [-0.1, -0.05) is 30.3 Å². The number of nitrogens with one attached hydrogen (secondary N) is 4. The van der Waals surface area contributed by atoms with Crippen LogP contribution in [0.3, 0.4) is 0 Å². The van der Waals surface area contributed by atoms with Crippen LogP contribution in [-0.4, -0.2) is 39.2 Å². The highest BCUT2D eigenvalue weighted by atomic mass is 16.1. The van der Waals surface area contributed by atoms with Gasteiger partial charge in [-0.05, 0) is 24.6 Å². The van der Waals surface area contributed by atoms with Gasteiger partial charge in [0.1, 0.15) is 5.82 Å². The van der Waals surface area contributed by atoms with Crippen LogP contribution in [-0.2, 0) is 11.2 Å². The van der Waals surface area contributed by atoms with Gasteiger partial charge in [0.15, 0.2) is 5.82 Å². The van der Waals surface area contributed by atoms with E-state index in [0.717, 1.165) is 28.7 Å². The van der Waals surface area contributed by atoms with Crippen LogP contribution in [0.2, 0.25) is 0 Å². The van der Waals surface area contributed by atoms with Gasteiger partial charge >= 0.3 is 0 Å². The molecule has 8 nitrogen and oxygen atoms in total. The monoisotopic (exact) mass is 390 g/mol. The molecule has 29 heavy (non-hydrogen) atoms. The first kappa shape index (κ1) is 18.7. The maximum atomic E-state index is 12.1. The standard InChI is InChI=1S/C21H22N6O2/c28-19(11-10-18-24-16-8-3-4-9-17(16)25-18)22-12-5-13-23-20-14-6-1-2-7-15(14)21(29)27-26-20/h1-4,6-9H,5,10-13H2,(H,22,28)(H,23,26)(H,24,25)(H,27,29). The predicted molar refractivity (Wildman–Crippen MR) is 113 cm³/mol. The number of hydrogen-bond acceptors (Lipinski definition) is 5. The third-order valence-corrected chi connectivity index (χ3v) is 4.69. The summed E-state index contributed by atoms with van der Waals surface area (Å²) in [5.41, 5.74) is 1.69. The number of anilines is 1. The van der Waals surface area contributed by atoms with Crippen LogP contribution < -0.4 is 16.2 Å². The highest BCUT2D eigenvalue weighted by Gasteiger charge is 2.07. The van der Waals surface area contributed by atoms with Crippen LogP contribution >= 0.6 is 0 Å². The minimum absolute atomic E-state index is 0.00179. The molecule has 0 atom stereocenters. The number of hydrogen-bond donors (Lipinski definition) is 4. The number of H-pyrrole nitrogens is 2. The Labute approximate surface area is 166 Å². The molecule has 0 unspecified atom stereocenters. The van der Waals surface area contributed by atoms with Crippen molar-refractivity contribution in [1.29, 1.82) is 0 Å². The zero-order chi connectivity index (χ0) is 20.1. The number of rotatable bonds is 8. The highest BCUT2D eigenvalue weighted by molar-refractivity contribution is 5.90. The SMILES string of the molecule is O=C(CCc1nc2ccccc2[nH]1)NCCCNc1n[nH]c(=O)c2ccccc12. The first-order valence-electron chi connectivity index (χ1n) is 9.62. The summed E-state index contributed by atoms with van der Waals surface area (Å²) in [6.07, 6.45) is 1.71. The van der Waals surface area contributed by atoms with Crippen molar-refractivity contribution >= 4 is 33.5 Å². The number of carbonyl (C=O) groups is 1. The van der Waals surface area contributed by atoms with Crippen molar-refractivity contribution in [2.24, 2.45) is 0 Å². The fourth-order valence-electron chi connectivity index (χ4n) is 3.22. The number of aromatic nitrogens is 4. The largest absolute Gasteiger partial charge is 0.368 e. The van der Waals surface area contributed by atoms with Crippen LogP contribution in [0.1, 0.15) is 18.7 Å². The Morgan fingerprint density at radius 3 is 2.66 bits per heavy atom. The zero-order valence-electron chi connectivity index (χ0n) is 15.9. The van der Waals surface area contributed by atoms with E-state index in [4.69, 9.17) is 0 Å². The first-order chi connectivity index (χ1) is 14.2. The van der Waals surface area contributed by atoms with E-state index in [1.165, 1.54) is 0 Å². The summed E-state index contributed by atoms with van der Waals surface area (Å²) in [6.45, 7) is 1.19. The predicted octanol–water partition coefficient (Wildman–Crippen LogP) is 2.35. The first-order valence-corrected chi connectivity index (χ1v) is 9.62. The lowest BCUT2D eigenvalue weighted by molar-refractivity contribution is -0.121. The Balaban J connectivity index is 1.20. The Bertz CT molecular complexity index is 1160. The molecule has 0 aliphatic rings. The van der Waals surface area contributed by atoms with Crippen LogP contribution in [0.4, 0.5) is 5.82 Å². The summed E-state index contributed by atoms with van der Waals surface area (Å²) in [5, 5.41) is 14.1. The molecule has 0 bridgehead atoms. The van der Waals surface area contributed by atoms with Gasteiger partial charge in [-0.15, -0.1) is 0 Å². The van der Waals surface area contributed by atoms with Gasteiger partial charge in [-0.25, -0.2) is 10.1 Å². The average molecular weight is 390 g/mol. The number of imidazole rings is 1. The summed E-state index contributed by atoms with van der Waals surface area (Å²) >= 11 is 0. The van der Waals surface area contributed by atoms with Crippen molar-refractivity contribution in [3.63, 3.8) is 0 Å². The molecular weight excluding hydrogens is 368 g/mol. The second kappa shape index (κ2) is 8.55. The van der Waals surface area contributed by atoms with Crippen LogP contribution in [0.25, 0.3) is 21.8 Å². The molecule has 4 aromatic rings. The number of aromatic amines is 2. The Hall–Kier alpha value is -3.68. The molecule has 0 fully saturated rings. The Morgan fingerprint density at radius 1 is 1.00 bits per heavy atom. The topological polar surface area (TPSA) is 116 Å². The lowest BCUT2D eigenvalue weighted by atomic mass is 10.2. The summed E-state index contributed by atoms with van der Waals surface area (Å²) in [6, 6.07) is 15.1. The zero-order valence-corrected chi connectivity index (χ0v) is 15.9. The van der Waals surface area contributed by atoms with Gasteiger partial charge in [0.05, 0.1) is 16.4 Å². The van der Waals surface area contributed by atoms with Crippen LogP contribution in [0.5, 0.6) is 0 Å². The number of carbonyl (C=O) groups excluding carboxylic acids is 1. The maximum absolute atomic E-state index is 12.1. The lowest BCUT2D eigenvalue weighted by Gasteiger charge is -2.08. The maximum Gasteiger partial charge on any atom is 0.272 e. The number of aryl methyl sites for hydroxylation is 1. The lowest BCUT2D eigenvalue weighted by Crippen LogP contribution is -2.26. The molecule has 0 spiro atoms. The molecular formula is C21H22N6O2. The number of benzene rings is 2. The van der Waals surface area contributed by atoms with E-state index in [-0.39, 0.29) is 11.5 Å². The van der Waals surface area contributed by atoms with Crippen LogP contribution in [0.15, 0.2) is 53.3 Å². The molecule has 0 saturated carbocycles. The third-order valence-electron chi connectivity index (χ3n) is 4.69. The Morgan fingerprint density at radius 2 is 1.79 bits per heavy atom. The minimum atomic E-state index is -0.206. The fourth-order valence-corrected chi connectivity index (χ4v) is 3.22. The van der Waals surface area contributed by atoms with Crippen molar-refractivity contribution < 1.29 is 4.79 Å². The van der Waals surface area contributed by atoms with E-state index in [2.05, 4.69) is 30.8 Å². The quantitative estimate of drug-likeness (QED) is 0.345. The van der Waals surface area contributed by atoms with Crippen molar-refractivity contribution in [3.05, 3.63) is 64.7 Å². The molecule has 0 aliphatic heterocycles. The summed E-state index contributed by atoms with van der Waals surface area (Å²) in [5.74, 6) is 1.45. The molecule has 148 valence electrons. The Kier molecular flexibility index (Phi) is 5.51. The van der Waals surface area contributed by atoms with Crippen molar-refractivity contribution in [1.82, 2.24) is 25.5 Å². The second-order valence-electron chi connectivity index (χ2n) is 6.78. The van der Waals surface area contributed by atoms with Crippen LogP contribution in [0, 0.1) is 0 Å². The van der Waals surface area contributed by atoms with Gasteiger partial charge in [-0.3, -0.25) is 9.59 Å². The average Bonchev–Trinajstić information content (AvgIpc) is 3.17. The number of amides is 1. The summed E-state index contributed by atoms with van der Waals surface area (Å²) in [4.78, 5) is 31.6. The molecule has 0 radical (unpaired) electrons. The molecule has 4 N–H and O–H groups in total. The number of para-hydroxylation sites is 2. The second-order valence-corrected chi connectivity index (χ2v) is 6.78. The van der Waals surface area contributed by atoms with Gasteiger partial charge in [-0.2, -0.15) is 5.10 Å². The van der Waals surface area contributed by atoms with Crippen molar-refractivity contribution in [2.45, 2.75) is 19.3 Å². The van der Waals surface area contributed by atoms with E-state index in [1.54, 1.807) is 6.07 Å². The molecule has 0 saturated heterocycles. The summed E-state index contributed by atoms with van der Waals surface area (Å²) in [7, 11) is 0. The van der Waals surface area contributed by atoms with Crippen molar-refractivity contribution in [3.8, 4) is 0 Å². The number of nitrogens with zero attached hydrogens (tertiary/aromatic N) is 2. The third kappa shape index (κ3) is 4.43. The van der Waals surface area contributed by atoms with E-state index in [9.17, 15) is 9.59 Å². The highest BCUT2D eigenvalue weighted by Crippen LogP contribution is 2.16. The molecule has 8 heteroatoms. The minimum Gasteiger partial charge on any atom is -0.368 e. The summed E-state index contributed by atoms with van der Waals surface area (Å²) < 4.78 is 0. The van der Waals surface area contributed by atoms with Gasteiger partial charge in [0.25, 0.3) is 5.56 Å². The van der Waals surface area contributed by atoms with Gasteiger partial charge < -0.3 is 15.6 Å². The molecule has 1 amide bonds. The van der Waals surface area contributed by atoms with Gasteiger partial charge in [0, 0.05) is 31.3 Å². The number of fused-ring (bicyclic) bond motifs is 2. The normalized spacial score (nSPS) is 11.0.